The lowest BCUT2D eigenvalue weighted by molar-refractivity contribution is -0.163. The molecule has 2 aliphatic rings. The Morgan fingerprint density at radius 2 is 2.12 bits per heavy atom. The van der Waals surface area contributed by atoms with Gasteiger partial charge in [-0.25, -0.2) is 0 Å². The van der Waals surface area contributed by atoms with Gasteiger partial charge in [0.1, 0.15) is 6.42 Å². The molecule has 0 spiro atoms. The molecular weight excluding hydrogens is 221 g/mol. The second kappa shape index (κ2) is 3.91. The highest BCUT2D eigenvalue weighted by Crippen LogP contribution is 2.34. The van der Waals surface area contributed by atoms with Crippen LogP contribution in [0.1, 0.15) is 19.8 Å². The van der Waals surface area contributed by atoms with Gasteiger partial charge in [0.25, 0.3) is 0 Å². The third-order valence-corrected chi connectivity index (χ3v) is 3.42. The first kappa shape index (κ1) is 11.7. The summed E-state index contributed by atoms with van der Waals surface area (Å²) < 4.78 is 36.5. The number of hydrogen-bond donors (Lipinski definition) is 1. The van der Waals surface area contributed by atoms with E-state index in [1.165, 1.54) is 4.90 Å². The number of fused-ring (bicyclic) bond motifs is 1. The van der Waals surface area contributed by atoms with Gasteiger partial charge in [0.05, 0.1) is 0 Å². The van der Waals surface area contributed by atoms with Crippen molar-refractivity contribution in [1.29, 1.82) is 0 Å². The standard InChI is InChI=1S/C10H15F3N2O/c1-6-2-7-4-14-5-8(7)15(6)9(16)3-10(11,12)13/h6-8,14H,2-5H2,1H3. The fourth-order valence-corrected chi connectivity index (χ4v) is 2.86. The summed E-state index contributed by atoms with van der Waals surface area (Å²) in [5.41, 5.74) is 0. The van der Waals surface area contributed by atoms with Crippen LogP contribution in [-0.4, -0.2) is 42.2 Å². The number of carbonyl (C=O) groups excluding carboxylic acids is 1. The molecule has 2 saturated heterocycles. The average Bonchev–Trinajstić information content (AvgIpc) is 2.58. The first-order valence-electron chi connectivity index (χ1n) is 5.47. The van der Waals surface area contributed by atoms with Gasteiger partial charge in [-0.2, -0.15) is 13.2 Å². The van der Waals surface area contributed by atoms with E-state index >= 15 is 0 Å². The molecule has 3 unspecified atom stereocenters. The van der Waals surface area contributed by atoms with Crippen LogP contribution in [0.5, 0.6) is 0 Å². The van der Waals surface area contributed by atoms with E-state index in [4.69, 9.17) is 0 Å². The molecule has 1 N–H and O–H groups in total. The van der Waals surface area contributed by atoms with Gasteiger partial charge >= 0.3 is 6.18 Å². The van der Waals surface area contributed by atoms with Crippen LogP contribution in [0.25, 0.3) is 0 Å². The zero-order chi connectivity index (χ0) is 11.9. The molecule has 16 heavy (non-hydrogen) atoms. The van der Waals surface area contributed by atoms with Crippen LogP contribution in [-0.2, 0) is 4.79 Å². The quantitative estimate of drug-likeness (QED) is 0.740. The van der Waals surface area contributed by atoms with Crippen molar-refractivity contribution < 1.29 is 18.0 Å². The minimum absolute atomic E-state index is 0.0372. The van der Waals surface area contributed by atoms with Crippen molar-refractivity contribution in [2.75, 3.05) is 13.1 Å². The Balaban J connectivity index is 2.05. The summed E-state index contributed by atoms with van der Waals surface area (Å²) in [6.07, 6.45) is -4.93. The molecule has 0 aliphatic carbocycles. The van der Waals surface area contributed by atoms with E-state index in [9.17, 15) is 18.0 Å². The lowest BCUT2D eigenvalue weighted by atomic mass is 10.0. The number of likely N-dealkylation sites (tertiary alicyclic amines) is 1. The lowest BCUT2D eigenvalue weighted by Gasteiger charge is -2.28. The number of hydrogen-bond acceptors (Lipinski definition) is 2. The SMILES string of the molecule is CC1CC2CNCC2N1C(=O)CC(F)(F)F. The predicted octanol–water partition coefficient (Wildman–Crippen LogP) is 1.15. The Morgan fingerprint density at radius 1 is 1.44 bits per heavy atom. The van der Waals surface area contributed by atoms with Gasteiger partial charge in [0, 0.05) is 25.2 Å². The minimum Gasteiger partial charge on any atom is -0.335 e. The van der Waals surface area contributed by atoms with Crippen LogP contribution >= 0.6 is 0 Å². The highest BCUT2D eigenvalue weighted by molar-refractivity contribution is 5.78. The van der Waals surface area contributed by atoms with Crippen molar-refractivity contribution in [3.63, 3.8) is 0 Å². The second-order valence-corrected chi connectivity index (χ2v) is 4.66. The molecule has 0 aromatic carbocycles. The second-order valence-electron chi connectivity index (χ2n) is 4.66. The molecule has 2 fully saturated rings. The van der Waals surface area contributed by atoms with Gasteiger partial charge in [-0.05, 0) is 19.3 Å². The molecule has 0 aromatic rings. The maximum atomic E-state index is 12.2. The summed E-state index contributed by atoms with van der Waals surface area (Å²) in [4.78, 5) is 13.0. The molecule has 2 rings (SSSR count). The van der Waals surface area contributed by atoms with Gasteiger partial charge in [-0.1, -0.05) is 0 Å². The van der Waals surface area contributed by atoms with Crippen LogP contribution in [0, 0.1) is 5.92 Å². The smallest absolute Gasteiger partial charge is 0.335 e. The van der Waals surface area contributed by atoms with Crippen LogP contribution < -0.4 is 5.32 Å². The summed E-state index contributed by atoms with van der Waals surface area (Å²) in [6.45, 7) is 3.26. The predicted molar refractivity (Wildman–Crippen MR) is 51.7 cm³/mol. The number of halogens is 3. The molecule has 0 bridgehead atoms. The molecule has 6 heteroatoms. The zero-order valence-electron chi connectivity index (χ0n) is 9.05. The molecule has 0 aromatic heterocycles. The number of rotatable bonds is 1. The van der Waals surface area contributed by atoms with Gasteiger partial charge < -0.3 is 10.2 Å². The third kappa shape index (κ3) is 2.16. The largest absolute Gasteiger partial charge is 0.397 e. The van der Waals surface area contributed by atoms with Crippen molar-refractivity contribution in [1.82, 2.24) is 10.2 Å². The maximum absolute atomic E-state index is 12.2. The van der Waals surface area contributed by atoms with Crippen LogP contribution in [0.3, 0.4) is 0 Å². The fourth-order valence-electron chi connectivity index (χ4n) is 2.86. The first-order valence-corrected chi connectivity index (χ1v) is 5.47. The monoisotopic (exact) mass is 236 g/mol. The number of nitrogens with zero attached hydrogens (tertiary/aromatic N) is 1. The summed E-state index contributed by atoms with van der Waals surface area (Å²) >= 11 is 0. The molecule has 2 aliphatic heterocycles. The van der Waals surface area contributed by atoms with E-state index in [1.54, 1.807) is 0 Å². The molecule has 2 heterocycles. The van der Waals surface area contributed by atoms with E-state index in [-0.39, 0.29) is 12.1 Å². The van der Waals surface area contributed by atoms with Crippen LogP contribution in [0.2, 0.25) is 0 Å². The summed E-state index contributed by atoms with van der Waals surface area (Å²) in [5.74, 6) is -0.455. The van der Waals surface area contributed by atoms with Crippen molar-refractivity contribution >= 4 is 5.91 Å². The Hall–Kier alpha value is -0.780. The van der Waals surface area contributed by atoms with E-state index in [1.807, 2.05) is 6.92 Å². The number of alkyl halides is 3. The van der Waals surface area contributed by atoms with Crippen LogP contribution in [0.15, 0.2) is 0 Å². The zero-order valence-corrected chi connectivity index (χ0v) is 9.05. The van der Waals surface area contributed by atoms with E-state index < -0.39 is 18.5 Å². The molecule has 3 atom stereocenters. The minimum atomic E-state index is -4.40. The van der Waals surface area contributed by atoms with Crippen molar-refractivity contribution in [2.45, 2.75) is 38.0 Å². The Kier molecular flexibility index (Phi) is 2.86. The topological polar surface area (TPSA) is 32.3 Å². The summed E-state index contributed by atoms with van der Waals surface area (Å²) in [7, 11) is 0. The Bertz CT molecular complexity index is 292. The first-order chi connectivity index (χ1) is 7.38. The summed E-state index contributed by atoms with van der Waals surface area (Å²) in [5, 5.41) is 3.12. The number of carbonyl (C=O) groups is 1. The lowest BCUT2D eigenvalue weighted by Crippen LogP contribution is -2.44. The molecular formula is C10H15F3N2O. The average molecular weight is 236 g/mol. The van der Waals surface area contributed by atoms with Gasteiger partial charge in [-0.3, -0.25) is 4.79 Å². The van der Waals surface area contributed by atoms with E-state index in [0.717, 1.165) is 13.0 Å². The van der Waals surface area contributed by atoms with Gasteiger partial charge in [0.15, 0.2) is 0 Å². The molecule has 0 saturated carbocycles. The fraction of sp³-hybridized carbons (Fsp3) is 0.900. The summed E-state index contributed by atoms with van der Waals surface area (Å²) in [6, 6.07) is -0.100. The van der Waals surface area contributed by atoms with Crippen molar-refractivity contribution in [3.8, 4) is 0 Å². The van der Waals surface area contributed by atoms with E-state index in [2.05, 4.69) is 5.32 Å². The maximum Gasteiger partial charge on any atom is 0.397 e. The highest BCUT2D eigenvalue weighted by Gasteiger charge is 2.46. The van der Waals surface area contributed by atoms with Gasteiger partial charge in [0.2, 0.25) is 5.91 Å². The van der Waals surface area contributed by atoms with Crippen molar-refractivity contribution in [3.05, 3.63) is 0 Å². The molecule has 0 radical (unpaired) electrons. The van der Waals surface area contributed by atoms with Crippen molar-refractivity contribution in [2.24, 2.45) is 5.92 Å². The molecule has 3 nitrogen and oxygen atoms in total. The highest BCUT2D eigenvalue weighted by atomic mass is 19.4. The third-order valence-electron chi connectivity index (χ3n) is 3.42. The molecule has 1 amide bonds. The molecule has 92 valence electrons. The number of nitrogens with one attached hydrogen (secondary N) is 1. The van der Waals surface area contributed by atoms with Gasteiger partial charge in [-0.15, -0.1) is 0 Å². The number of amides is 1. The normalized spacial score (nSPS) is 34.2. The van der Waals surface area contributed by atoms with E-state index in [0.29, 0.717) is 12.5 Å². The Labute approximate surface area is 92.0 Å². The Morgan fingerprint density at radius 3 is 2.75 bits per heavy atom. The van der Waals surface area contributed by atoms with Crippen LogP contribution in [0.4, 0.5) is 13.2 Å².